The Balaban J connectivity index is 3.92. The number of likely N-dealkylation sites (N-methyl/N-ethyl adjacent to an activating group) is 1. The van der Waals surface area contributed by atoms with Crippen molar-refractivity contribution in [2.45, 2.75) is 290 Å². The van der Waals surface area contributed by atoms with Crippen LogP contribution in [-0.2, 0) is 32.7 Å². The van der Waals surface area contributed by atoms with Crippen LogP contribution < -0.4 is 4.89 Å². The minimum Gasteiger partial charge on any atom is -0.756 e. The molecule has 0 saturated carbocycles. The summed E-state index contributed by atoms with van der Waals surface area (Å²) in [5.74, 6) is -0.920. The highest BCUT2D eigenvalue weighted by molar-refractivity contribution is 7.45. The average Bonchev–Trinajstić information content (AvgIpc) is 3.34. The average molecular weight is 1030 g/mol. The van der Waals surface area contributed by atoms with Gasteiger partial charge in [0.25, 0.3) is 7.82 Å². The molecule has 0 heterocycles. The monoisotopic (exact) mass is 1030 g/mol. The van der Waals surface area contributed by atoms with E-state index in [1.165, 1.54) is 205 Å². The standard InChI is InChI=1S/C62H116NO8P/c1-6-8-10-12-14-16-18-20-21-22-23-24-25-26-27-28-29-30-31-32-33-34-35-36-37-38-39-40-41-43-44-46-48-50-52-54-61(64)68-58-60(59-70-72(66,67)69-57-56-63(3,4)5)71-62(65)55-53-51-49-47-45-42-19-17-15-13-11-9-7-2/h9,11,15,17,42,45,49,51,60H,6-8,10,12-14,16,18-41,43-44,46-48,50,52-59H2,1-5H3/b11-9-,17-15-,45-42-,51-49-. The van der Waals surface area contributed by atoms with Crippen LogP contribution in [-0.4, -0.2) is 70.0 Å². The Morgan fingerprint density at radius 2 is 0.792 bits per heavy atom. The largest absolute Gasteiger partial charge is 0.756 e. The summed E-state index contributed by atoms with van der Waals surface area (Å²) < 4.78 is 34.0. The molecule has 2 atom stereocenters. The topological polar surface area (TPSA) is 111 Å². The first-order valence-electron chi connectivity index (χ1n) is 30.3. The number of hydrogen-bond acceptors (Lipinski definition) is 8. The Labute approximate surface area is 445 Å². The molecule has 0 aromatic rings. The van der Waals surface area contributed by atoms with E-state index in [9.17, 15) is 19.0 Å². The van der Waals surface area contributed by atoms with Gasteiger partial charge in [0, 0.05) is 12.8 Å². The fourth-order valence-electron chi connectivity index (χ4n) is 8.73. The number of ether oxygens (including phenoxy) is 2. The number of hydrogen-bond donors (Lipinski definition) is 0. The molecule has 0 rings (SSSR count). The van der Waals surface area contributed by atoms with Crippen molar-refractivity contribution >= 4 is 19.8 Å². The lowest BCUT2D eigenvalue weighted by molar-refractivity contribution is -0.870. The van der Waals surface area contributed by atoms with Gasteiger partial charge in [-0.05, 0) is 38.5 Å². The lowest BCUT2D eigenvalue weighted by Gasteiger charge is -2.28. The summed E-state index contributed by atoms with van der Waals surface area (Å²) in [5.41, 5.74) is 0. The number of carbonyl (C=O) groups excluding carboxylic acids is 2. The zero-order chi connectivity index (χ0) is 52.7. The maximum atomic E-state index is 12.7. The van der Waals surface area contributed by atoms with Crippen LogP contribution in [0, 0.1) is 0 Å². The van der Waals surface area contributed by atoms with Gasteiger partial charge in [0.05, 0.1) is 27.7 Å². The summed E-state index contributed by atoms with van der Waals surface area (Å²) in [6.07, 6.45) is 68.0. The van der Waals surface area contributed by atoms with Crippen molar-refractivity contribution in [3.8, 4) is 0 Å². The molecule has 0 radical (unpaired) electrons. The molecule has 0 saturated heterocycles. The van der Waals surface area contributed by atoms with Crippen molar-refractivity contribution in [1.82, 2.24) is 0 Å². The van der Waals surface area contributed by atoms with Gasteiger partial charge >= 0.3 is 11.9 Å². The van der Waals surface area contributed by atoms with Gasteiger partial charge in [0.2, 0.25) is 0 Å². The zero-order valence-corrected chi connectivity index (χ0v) is 48.8. The Hall–Kier alpha value is -2.03. The highest BCUT2D eigenvalue weighted by Crippen LogP contribution is 2.38. The number of nitrogens with zero attached hydrogens (tertiary/aromatic N) is 1. The minimum absolute atomic E-state index is 0.0433. The van der Waals surface area contributed by atoms with E-state index in [2.05, 4.69) is 50.3 Å². The molecule has 0 aromatic heterocycles. The number of unbranched alkanes of at least 4 members (excludes halogenated alkanes) is 34. The van der Waals surface area contributed by atoms with Gasteiger partial charge in [-0.15, -0.1) is 0 Å². The third-order valence-electron chi connectivity index (χ3n) is 13.4. The molecule has 0 N–H and O–H groups in total. The van der Waals surface area contributed by atoms with E-state index in [1.807, 2.05) is 33.3 Å². The molecule has 0 fully saturated rings. The number of esters is 2. The summed E-state index contributed by atoms with van der Waals surface area (Å²) >= 11 is 0. The third kappa shape index (κ3) is 57.3. The van der Waals surface area contributed by atoms with E-state index in [1.54, 1.807) is 0 Å². The van der Waals surface area contributed by atoms with Gasteiger partial charge in [-0.3, -0.25) is 14.2 Å². The smallest absolute Gasteiger partial charge is 0.306 e. The lowest BCUT2D eigenvalue weighted by Crippen LogP contribution is -2.37. The van der Waals surface area contributed by atoms with Crippen molar-refractivity contribution in [1.29, 1.82) is 0 Å². The van der Waals surface area contributed by atoms with Crippen LogP contribution >= 0.6 is 7.82 Å². The minimum atomic E-state index is -4.65. The number of allylic oxidation sites excluding steroid dienone is 8. The van der Waals surface area contributed by atoms with Crippen molar-refractivity contribution in [3.05, 3.63) is 48.6 Å². The summed E-state index contributed by atoms with van der Waals surface area (Å²) in [4.78, 5) is 37.7. The molecule has 0 bridgehead atoms. The molecule has 0 aliphatic heterocycles. The number of phosphoric ester groups is 1. The summed E-state index contributed by atoms with van der Waals surface area (Å²) in [6, 6.07) is 0. The maximum absolute atomic E-state index is 12.7. The first-order valence-corrected chi connectivity index (χ1v) is 31.8. The van der Waals surface area contributed by atoms with E-state index in [0.29, 0.717) is 17.4 Å². The molecular weight excluding hydrogens is 918 g/mol. The van der Waals surface area contributed by atoms with E-state index in [0.717, 1.165) is 44.9 Å². The number of carbonyl (C=O) groups is 2. The SMILES string of the molecule is CC/C=C\C/C=C\C/C=C\C/C=C\CCC(=O)OC(COC(=O)CCCCCCCCCCCCCCCCCCCCCCCCCCCCCCCCCCCCC)COP(=O)([O-])OCC[N+](C)(C)C. The van der Waals surface area contributed by atoms with Crippen molar-refractivity contribution in [2.24, 2.45) is 0 Å². The second-order valence-corrected chi connectivity index (χ2v) is 23.1. The zero-order valence-electron chi connectivity index (χ0n) is 47.9. The highest BCUT2D eigenvalue weighted by atomic mass is 31.2. The molecule has 0 aromatic carbocycles. The third-order valence-corrected chi connectivity index (χ3v) is 14.3. The molecule has 0 aliphatic rings. The predicted octanol–water partition coefficient (Wildman–Crippen LogP) is 18.3. The molecule has 0 aliphatic carbocycles. The van der Waals surface area contributed by atoms with E-state index in [-0.39, 0.29) is 26.1 Å². The quantitative estimate of drug-likeness (QED) is 0.0195. The van der Waals surface area contributed by atoms with Gasteiger partial charge in [0.1, 0.15) is 19.8 Å². The van der Waals surface area contributed by atoms with Crippen LogP contribution in [0.5, 0.6) is 0 Å². The van der Waals surface area contributed by atoms with Crippen LogP contribution in [0.25, 0.3) is 0 Å². The van der Waals surface area contributed by atoms with Crippen LogP contribution in [0.1, 0.15) is 284 Å². The summed E-state index contributed by atoms with van der Waals surface area (Å²) in [6.45, 7) is 4.06. The maximum Gasteiger partial charge on any atom is 0.306 e. The molecule has 10 heteroatoms. The Morgan fingerprint density at radius 3 is 1.15 bits per heavy atom. The van der Waals surface area contributed by atoms with E-state index >= 15 is 0 Å². The number of phosphoric acid groups is 1. The molecule has 0 spiro atoms. The van der Waals surface area contributed by atoms with Crippen LogP contribution in [0.4, 0.5) is 0 Å². The molecule has 422 valence electrons. The van der Waals surface area contributed by atoms with Gasteiger partial charge in [0.15, 0.2) is 6.10 Å². The van der Waals surface area contributed by atoms with Gasteiger partial charge in [-0.25, -0.2) is 0 Å². The number of quaternary nitrogens is 1. The Morgan fingerprint density at radius 1 is 0.444 bits per heavy atom. The van der Waals surface area contributed by atoms with Crippen LogP contribution in [0.2, 0.25) is 0 Å². The fourth-order valence-corrected chi connectivity index (χ4v) is 9.46. The van der Waals surface area contributed by atoms with Gasteiger partial charge in [-0.2, -0.15) is 0 Å². The summed E-state index contributed by atoms with van der Waals surface area (Å²) in [7, 11) is 1.13. The van der Waals surface area contributed by atoms with E-state index in [4.69, 9.17) is 18.5 Å². The predicted molar refractivity (Wildman–Crippen MR) is 305 cm³/mol. The first kappa shape index (κ1) is 70.0. The molecule has 72 heavy (non-hydrogen) atoms. The number of rotatable bonds is 56. The van der Waals surface area contributed by atoms with Gasteiger partial charge in [-0.1, -0.05) is 281 Å². The van der Waals surface area contributed by atoms with Crippen molar-refractivity contribution < 1.29 is 42.1 Å². The van der Waals surface area contributed by atoms with Crippen LogP contribution in [0.15, 0.2) is 48.6 Å². The van der Waals surface area contributed by atoms with Crippen molar-refractivity contribution in [3.63, 3.8) is 0 Å². The second kappa shape index (κ2) is 53.8. The van der Waals surface area contributed by atoms with Crippen molar-refractivity contribution in [2.75, 3.05) is 47.5 Å². The van der Waals surface area contributed by atoms with E-state index < -0.39 is 32.5 Å². The van der Waals surface area contributed by atoms with Gasteiger partial charge < -0.3 is 27.9 Å². The van der Waals surface area contributed by atoms with Crippen LogP contribution in [0.3, 0.4) is 0 Å². The summed E-state index contributed by atoms with van der Waals surface area (Å²) in [5, 5.41) is 0. The highest BCUT2D eigenvalue weighted by Gasteiger charge is 2.21. The normalized spacial score (nSPS) is 13.6. The molecule has 2 unspecified atom stereocenters. The molecule has 9 nitrogen and oxygen atoms in total. The Bertz CT molecular complexity index is 1360. The second-order valence-electron chi connectivity index (χ2n) is 21.7. The lowest BCUT2D eigenvalue weighted by atomic mass is 10.0. The molecule has 0 amide bonds. The molecular formula is C62H116NO8P. The Kier molecular flexibility index (Phi) is 52.3. The fraction of sp³-hybridized carbons (Fsp3) is 0.839. The first-order chi connectivity index (χ1) is 35.0.